The van der Waals surface area contributed by atoms with Gasteiger partial charge in [-0.3, -0.25) is 4.79 Å². The van der Waals surface area contributed by atoms with Crippen molar-refractivity contribution in [3.8, 4) is 5.75 Å². The average Bonchev–Trinajstić information content (AvgIpc) is 2.44. The number of rotatable bonds is 7. The molecule has 0 aliphatic carbocycles. The third-order valence-electron chi connectivity index (χ3n) is 3.62. The summed E-state index contributed by atoms with van der Waals surface area (Å²) in [6.07, 6.45) is 2.64. The average molecular weight is 249 g/mol. The van der Waals surface area contributed by atoms with Crippen LogP contribution in [0.4, 0.5) is 0 Å². The van der Waals surface area contributed by atoms with Crippen LogP contribution in [0.3, 0.4) is 0 Å². The second kappa shape index (κ2) is 6.55. The molecule has 0 atom stereocenters. The summed E-state index contributed by atoms with van der Waals surface area (Å²) >= 11 is 0. The fourth-order valence-corrected chi connectivity index (χ4v) is 1.94. The van der Waals surface area contributed by atoms with E-state index in [4.69, 9.17) is 10.5 Å². The lowest BCUT2D eigenvalue weighted by Gasteiger charge is -2.24. The summed E-state index contributed by atoms with van der Waals surface area (Å²) in [7, 11) is 1.64. The van der Waals surface area contributed by atoms with Crippen LogP contribution in [0.15, 0.2) is 24.3 Å². The molecule has 0 amide bonds. The highest BCUT2D eigenvalue weighted by molar-refractivity contribution is 5.88. The van der Waals surface area contributed by atoms with E-state index in [9.17, 15) is 4.79 Å². The first kappa shape index (κ1) is 14.7. The van der Waals surface area contributed by atoms with E-state index in [1.165, 1.54) is 0 Å². The maximum absolute atomic E-state index is 12.1. The van der Waals surface area contributed by atoms with Crippen LogP contribution in [-0.4, -0.2) is 18.4 Å². The Kier molecular flexibility index (Phi) is 5.35. The summed E-state index contributed by atoms with van der Waals surface area (Å²) in [6, 6.07) is 7.80. The van der Waals surface area contributed by atoms with Crippen LogP contribution in [0, 0.1) is 0 Å². The molecule has 0 radical (unpaired) electrons. The van der Waals surface area contributed by atoms with E-state index in [1.54, 1.807) is 7.11 Å². The van der Waals surface area contributed by atoms with Gasteiger partial charge in [0.1, 0.15) is 5.75 Å². The Labute approximate surface area is 109 Å². The Hall–Kier alpha value is -1.35. The molecule has 3 nitrogen and oxygen atoms in total. The zero-order valence-corrected chi connectivity index (χ0v) is 11.5. The van der Waals surface area contributed by atoms with Gasteiger partial charge in [-0.25, -0.2) is 0 Å². The minimum Gasteiger partial charge on any atom is -0.497 e. The Morgan fingerprint density at radius 2 is 1.78 bits per heavy atom. The van der Waals surface area contributed by atoms with Gasteiger partial charge in [-0.1, -0.05) is 26.0 Å². The van der Waals surface area contributed by atoms with Crippen molar-refractivity contribution in [2.24, 2.45) is 5.73 Å². The third-order valence-corrected chi connectivity index (χ3v) is 3.62. The van der Waals surface area contributed by atoms with E-state index in [0.29, 0.717) is 19.3 Å². The quantitative estimate of drug-likeness (QED) is 0.808. The van der Waals surface area contributed by atoms with Crippen LogP contribution < -0.4 is 10.5 Å². The van der Waals surface area contributed by atoms with Crippen LogP contribution in [0.5, 0.6) is 5.75 Å². The van der Waals surface area contributed by atoms with E-state index >= 15 is 0 Å². The van der Waals surface area contributed by atoms with Crippen LogP contribution >= 0.6 is 0 Å². The van der Waals surface area contributed by atoms with Crippen LogP contribution in [0.25, 0.3) is 0 Å². The topological polar surface area (TPSA) is 52.3 Å². The number of methoxy groups -OCH3 is 1. The van der Waals surface area contributed by atoms with Gasteiger partial charge in [-0.2, -0.15) is 0 Å². The molecule has 0 unspecified atom stereocenters. The summed E-state index contributed by atoms with van der Waals surface area (Å²) in [6.45, 7) is 3.93. The molecule has 1 aromatic carbocycles. The highest BCUT2D eigenvalue weighted by Crippen LogP contribution is 2.17. The first-order chi connectivity index (χ1) is 8.55. The number of hydrogen-bond acceptors (Lipinski definition) is 3. The molecule has 100 valence electrons. The predicted molar refractivity (Wildman–Crippen MR) is 73.8 cm³/mol. The number of benzene rings is 1. The lowest BCUT2D eigenvalue weighted by Crippen LogP contribution is -2.46. The van der Waals surface area contributed by atoms with Gasteiger partial charge in [-0.15, -0.1) is 0 Å². The van der Waals surface area contributed by atoms with Crippen LogP contribution in [0.1, 0.15) is 38.7 Å². The van der Waals surface area contributed by atoms with E-state index in [2.05, 4.69) is 0 Å². The molecule has 2 N–H and O–H groups in total. The van der Waals surface area contributed by atoms with Crippen LogP contribution in [0.2, 0.25) is 0 Å². The number of carbonyl (C=O) groups excluding carboxylic acids is 1. The molecular formula is C15H23NO2. The second-order valence-corrected chi connectivity index (χ2v) is 4.63. The molecule has 0 aromatic heterocycles. The van der Waals surface area contributed by atoms with E-state index in [1.807, 2.05) is 38.1 Å². The largest absolute Gasteiger partial charge is 0.497 e. The number of aryl methyl sites for hydroxylation is 1. The van der Waals surface area contributed by atoms with Gasteiger partial charge in [0.2, 0.25) is 0 Å². The molecule has 0 aliphatic rings. The summed E-state index contributed by atoms with van der Waals surface area (Å²) in [4.78, 5) is 12.1. The molecule has 1 aromatic rings. The molecular weight excluding hydrogens is 226 g/mol. The fraction of sp³-hybridized carbons (Fsp3) is 0.533. The van der Waals surface area contributed by atoms with Crippen molar-refractivity contribution in [2.75, 3.05) is 7.11 Å². The molecule has 18 heavy (non-hydrogen) atoms. The van der Waals surface area contributed by atoms with Crippen molar-refractivity contribution in [1.82, 2.24) is 0 Å². The van der Waals surface area contributed by atoms with Gasteiger partial charge < -0.3 is 10.5 Å². The summed E-state index contributed by atoms with van der Waals surface area (Å²) in [5, 5.41) is 0. The number of carbonyl (C=O) groups is 1. The lowest BCUT2D eigenvalue weighted by molar-refractivity contribution is -0.124. The fourth-order valence-electron chi connectivity index (χ4n) is 1.94. The minimum atomic E-state index is -0.646. The minimum absolute atomic E-state index is 0.156. The van der Waals surface area contributed by atoms with Crippen molar-refractivity contribution < 1.29 is 9.53 Å². The summed E-state index contributed by atoms with van der Waals surface area (Å²) in [5.74, 6) is 0.990. The number of nitrogens with two attached hydrogens (primary N) is 1. The molecule has 3 heteroatoms. The summed E-state index contributed by atoms with van der Waals surface area (Å²) in [5.41, 5.74) is 6.57. The number of hydrogen-bond donors (Lipinski definition) is 1. The van der Waals surface area contributed by atoms with Crippen molar-refractivity contribution >= 4 is 5.78 Å². The SMILES string of the molecule is CCC(N)(CC)C(=O)CCc1ccc(OC)cc1. The van der Waals surface area contributed by atoms with E-state index in [0.717, 1.165) is 17.7 Å². The highest BCUT2D eigenvalue weighted by atomic mass is 16.5. The van der Waals surface area contributed by atoms with Crippen LogP contribution in [-0.2, 0) is 11.2 Å². The number of ether oxygens (including phenoxy) is 1. The third kappa shape index (κ3) is 3.57. The molecule has 0 fully saturated rings. The normalized spacial score (nSPS) is 11.3. The molecule has 0 spiro atoms. The Morgan fingerprint density at radius 1 is 1.22 bits per heavy atom. The Bertz CT molecular complexity index is 380. The zero-order chi connectivity index (χ0) is 13.6. The van der Waals surface area contributed by atoms with Gasteiger partial charge >= 0.3 is 0 Å². The Balaban J connectivity index is 2.56. The smallest absolute Gasteiger partial charge is 0.152 e. The van der Waals surface area contributed by atoms with Gasteiger partial charge in [0.05, 0.1) is 12.6 Å². The Morgan fingerprint density at radius 3 is 2.22 bits per heavy atom. The monoisotopic (exact) mass is 249 g/mol. The molecule has 0 saturated heterocycles. The van der Waals surface area contributed by atoms with Crippen molar-refractivity contribution in [3.05, 3.63) is 29.8 Å². The molecule has 1 rings (SSSR count). The lowest BCUT2D eigenvalue weighted by atomic mass is 9.86. The zero-order valence-electron chi connectivity index (χ0n) is 11.5. The predicted octanol–water partition coefficient (Wildman–Crippen LogP) is 2.71. The molecule has 0 aliphatic heterocycles. The van der Waals surface area contributed by atoms with Gasteiger partial charge in [0, 0.05) is 6.42 Å². The summed E-state index contributed by atoms with van der Waals surface area (Å²) < 4.78 is 5.10. The number of ketones is 1. The second-order valence-electron chi connectivity index (χ2n) is 4.63. The van der Waals surface area contributed by atoms with Gasteiger partial charge in [0.15, 0.2) is 5.78 Å². The molecule has 0 bridgehead atoms. The molecule has 0 heterocycles. The maximum Gasteiger partial charge on any atom is 0.152 e. The van der Waals surface area contributed by atoms with E-state index < -0.39 is 5.54 Å². The van der Waals surface area contributed by atoms with Gasteiger partial charge in [-0.05, 0) is 37.0 Å². The number of Topliss-reactive ketones (excluding diaryl/α,β-unsaturated/α-hetero) is 1. The first-order valence-electron chi connectivity index (χ1n) is 6.50. The highest BCUT2D eigenvalue weighted by Gasteiger charge is 2.28. The maximum atomic E-state index is 12.1. The van der Waals surface area contributed by atoms with E-state index in [-0.39, 0.29) is 5.78 Å². The molecule has 0 saturated carbocycles. The van der Waals surface area contributed by atoms with Crippen molar-refractivity contribution in [1.29, 1.82) is 0 Å². The van der Waals surface area contributed by atoms with Crippen molar-refractivity contribution in [2.45, 2.75) is 45.1 Å². The first-order valence-corrected chi connectivity index (χ1v) is 6.50. The standard InChI is InChI=1S/C15H23NO2/c1-4-15(16,5-2)14(17)11-8-12-6-9-13(18-3)10-7-12/h6-7,9-10H,4-5,8,11,16H2,1-3H3. The van der Waals surface area contributed by atoms with Gasteiger partial charge in [0.25, 0.3) is 0 Å². The van der Waals surface area contributed by atoms with Crippen molar-refractivity contribution in [3.63, 3.8) is 0 Å².